The highest BCUT2D eigenvalue weighted by atomic mass is 79.9. The maximum absolute atomic E-state index is 13.4. The van der Waals surface area contributed by atoms with Crippen LogP contribution in [0.5, 0.6) is 0 Å². The summed E-state index contributed by atoms with van der Waals surface area (Å²) in [7, 11) is 0. The number of amides is 3. The van der Waals surface area contributed by atoms with Crippen molar-refractivity contribution in [3.63, 3.8) is 0 Å². The monoisotopic (exact) mass is 468 g/mol. The minimum Gasteiger partial charge on any atom is -0.373 e. The molecule has 1 N–H and O–H groups in total. The molecule has 0 spiro atoms. The number of imide groups is 1. The average molecular weight is 470 g/mol. The van der Waals surface area contributed by atoms with E-state index in [1.807, 2.05) is 24.3 Å². The minimum atomic E-state index is -1.20. The molecule has 2 aliphatic rings. The maximum Gasteiger partial charge on any atom is 0.334 e. The number of carbonyl (C=O) groups is 2. The lowest BCUT2D eigenvalue weighted by molar-refractivity contribution is -0.125. The fraction of sp³-hybridized carbons (Fsp3) is 0.263. The first-order valence-corrected chi connectivity index (χ1v) is 9.86. The molecule has 2 fully saturated rings. The third kappa shape index (κ3) is 2.78. The van der Waals surface area contributed by atoms with Crippen molar-refractivity contribution in [3.05, 3.63) is 62.5 Å². The van der Waals surface area contributed by atoms with Gasteiger partial charge in [-0.3, -0.25) is 9.69 Å². The van der Waals surface area contributed by atoms with Gasteiger partial charge in [0, 0.05) is 26.9 Å². The van der Waals surface area contributed by atoms with Crippen molar-refractivity contribution in [1.29, 1.82) is 0 Å². The molecule has 27 heavy (non-hydrogen) atoms. The van der Waals surface area contributed by atoms with Crippen molar-refractivity contribution < 1.29 is 14.7 Å². The number of benzene rings is 2. The summed E-state index contributed by atoms with van der Waals surface area (Å²) < 4.78 is 0.913. The van der Waals surface area contributed by atoms with Gasteiger partial charge in [0.25, 0.3) is 5.91 Å². The molecule has 8 heteroatoms. The molecule has 4 rings (SSSR count). The second-order valence-electron chi connectivity index (χ2n) is 6.89. The van der Waals surface area contributed by atoms with Gasteiger partial charge in [-0.05, 0) is 42.8 Å². The minimum absolute atomic E-state index is 0.291. The molecule has 2 saturated heterocycles. The lowest BCUT2D eigenvalue weighted by atomic mass is 9.81. The number of halogens is 3. The van der Waals surface area contributed by atoms with Crippen LogP contribution < -0.4 is 4.90 Å². The molecule has 3 atom stereocenters. The number of fused-ring (bicyclic) bond motifs is 1. The van der Waals surface area contributed by atoms with Gasteiger partial charge in [0.2, 0.25) is 0 Å². The Kier molecular flexibility index (Phi) is 4.50. The number of hydrogen-bond acceptors (Lipinski definition) is 3. The van der Waals surface area contributed by atoms with E-state index in [9.17, 15) is 14.7 Å². The standard InChI is InChI=1S/C19H15BrCl2N2O3/c1-19-15(10-2-4-11(20)5-3-10)9-16(25)24(19)18(27)23(17(19)26)14-7-12(21)6-13(22)8-14/h2-8,15-16,25H,9H2,1H3/t15-,16+,19+/m0/s1. The van der Waals surface area contributed by atoms with Crippen LogP contribution in [0.15, 0.2) is 46.9 Å². The van der Waals surface area contributed by atoms with Crippen molar-refractivity contribution in [2.24, 2.45) is 0 Å². The third-order valence-corrected chi connectivity index (χ3v) is 6.30. The summed E-state index contributed by atoms with van der Waals surface area (Å²) in [6.07, 6.45) is -0.764. The van der Waals surface area contributed by atoms with Gasteiger partial charge in [0.05, 0.1) is 5.69 Å². The predicted molar refractivity (Wildman–Crippen MR) is 107 cm³/mol. The largest absolute Gasteiger partial charge is 0.373 e. The van der Waals surface area contributed by atoms with Crippen molar-refractivity contribution in [2.45, 2.75) is 31.0 Å². The SMILES string of the molecule is C[C@@]12C(=O)N(c3cc(Cl)cc(Cl)c3)C(=O)N1[C@H](O)C[C@H]2c1ccc(Br)cc1. The van der Waals surface area contributed by atoms with Gasteiger partial charge >= 0.3 is 6.03 Å². The number of aliphatic hydroxyl groups excluding tert-OH is 1. The number of urea groups is 1. The first-order chi connectivity index (χ1) is 12.7. The Balaban J connectivity index is 1.80. The zero-order valence-electron chi connectivity index (χ0n) is 14.2. The van der Waals surface area contributed by atoms with E-state index >= 15 is 0 Å². The Labute approximate surface area is 174 Å². The molecule has 0 aliphatic carbocycles. The fourth-order valence-corrected chi connectivity index (χ4v) is 4.85. The molecule has 3 amide bonds. The highest BCUT2D eigenvalue weighted by Crippen LogP contribution is 2.50. The van der Waals surface area contributed by atoms with E-state index in [0.29, 0.717) is 22.2 Å². The van der Waals surface area contributed by atoms with Crippen LogP contribution in [0.25, 0.3) is 0 Å². The Morgan fingerprint density at radius 1 is 1.11 bits per heavy atom. The quantitative estimate of drug-likeness (QED) is 0.643. The van der Waals surface area contributed by atoms with Crippen LogP contribution >= 0.6 is 39.1 Å². The van der Waals surface area contributed by atoms with Crippen LogP contribution in [-0.2, 0) is 4.79 Å². The van der Waals surface area contributed by atoms with E-state index in [4.69, 9.17) is 23.2 Å². The van der Waals surface area contributed by atoms with Crippen LogP contribution in [0.2, 0.25) is 10.0 Å². The predicted octanol–water partition coefficient (Wildman–Crippen LogP) is 4.79. The first-order valence-electron chi connectivity index (χ1n) is 8.31. The molecule has 0 aromatic heterocycles. The van der Waals surface area contributed by atoms with Gasteiger partial charge in [0.1, 0.15) is 11.8 Å². The molecule has 0 bridgehead atoms. The van der Waals surface area contributed by atoms with E-state index in [0.717, 1.165) is 14.9 Å². The molecule has 140 valence electrons. The topological polar surface area (TPSA) is 60.9 Å². The highest BCUT2D eigenvalue weighted by Gasteiger charge is 2.65. The number of aliphatic hydroxyl groups is 1. The lowest BCUT2D eigenvalue weighted by Gasteiger charge is -2.30. The van der Waals surface area contributed by atoms with E-state index in [-0.39, 0.29) is 5.92 Å². The zero-order chi connectivity index (χ0) is 19.5. The molecule has 0 radical (unpaired) electrons. The zero-order valence-corrected chi connectivity index (χ0v) is 17.3. The number of rotatable bonds is 2. The summed E-state index contributed by atoms with van der Waals surface area (Å²) in [4.78, 5) is 28.7. The van der Waals surface area contributed by atoms with E-state index in [2.05, 4.69) is 15.9 Å². The van der Waals surface area contributed by atoms with Gasteiger partial charge in [0.15, 0.2) is 0 Å². The van der Waals surface area contributed by atoms with Crippen LogP contribution in [0.4, 0.5) is 10.5 Å². The summed E-state index contributed by atoms with van der Waals surface area (Å²) in [6, 6.07) is 11.5. The normalized spacial score (nSPS) is 27.4. The van der Waals surface area contributed by atoms with Crippen molar-refractivity contribution in [3.8, 4) is 0 Å². The van der Waals surface area contributed by atoms with Crippen LogP contribution in [0, 0.1) is 0 Å². The van der Waals surface area contributed by atoms with E-state index < -0.39 is 23.7 Å². The van der Waals surface area contributed by atoms with Gasteiger partial charge in [-0.2, -0.15) is 0 Å². The van der Waals surface area contributed by atoms with Crippen molar-refractivity contribution in [2.75, 3.05) is 4.90 Å². The highest BCUT2D eigenvalue weighted by molar-refractivity contribution is 9.10. The van der Waals surface area contributed by atoms with Crippen LogP contribution in [0.3, 0.4) is 0 Å². The van der Waals surface area contributed by atoms with Crippen molar-refractivity contribution in [1.82, 2.24) is 4.90 Å². The number of hydrogen-bond donors (Lipinski definition) is 1. The summed E-state index contributed by atoms with van der Waals surface area (Å²) in [5.74, 6) is -0.744. The molecule has 2 aromatic carbocycles. The van der Waals surface area contributed by atoms with Crippen molar-refractivity contribution >= 4 is 56.8 Å². The van der Waals surface area contributed by atoms with Crippen LogP contribution in [-0.4, -0.2) is 33.7 Å². The molecule has 0 unspecified atom stereocenters. The average Bonchev–Trinajstić information content (AvgIpc) is 2.97. The molecule has 5 nitrogen and oxygen atoms in total. The second-order valence-corrected chi connectivity index (χ2v) is 8.68. The van der Waals surface area contributed by atoms with E-state index in [1.54, 1.807) is 6.92 Å². The second kappa shape index (κ2) is 6.48. The number of nitrogens with zero attached hydrogens (tertiary/aromatic N) is 2. The van der Waals surface area contributed by atoms with Gasteiger partial charge < -0.3 is 5.11 Å². The maximum atomic E-state index is 13.4. The first kappa shape index (κ1) is 18.7. The summed E-state index contributed by atoms with van der Waals surface area (Å²) >= 11 is 15.5. The van der Waals surface area contributed by atoms with Gasteiger partial charge in [-0.1, -0.05) is 51.3 Å². The Morgan fingerprint density at radius 3 is 2.30 bits per heavy atom. The van der Waals surface area contributed by atoms with Gasteiger partial charge in [-0.25, -0.2) is 9.69 Å². The Bertz CT molecular complexity index is 932. The number of carbonyl (C=O) groups excluding carboxylic acids is 2. The van der Waals surface area contributed by atoms with Gasteiger partial charge in [-0.15, -0.1) is 0 Å². The Morgan fingerprint density at radius 2 is 1.70 bits per heavy atom. The summed E-state index contributed by atoms with van der Waals surface area (Å²) in [6.45, 7) is 1.70. The summed E-state index contributed by atoms with van der Waals surface area (Å²) in [5, 5.41) is 11.2. The third-order valence-electron chi connectivity index (χ3n) is 5.33. The molecule has 2 heterocycles. The summed E-state index contributed by atoms with van der Waals surface area (Å²) in [5.41, 5.74) is -0.0201. The molecular formula is C19H15BrCl2N2O3. The molecule has 2 aliphatic heterocycles. The van der Waals surface area contributed by atoms with E-state index in [1.165, 1.54) is 23.1 Å². The number of anilines is 1. The molecular weight excluding hydrogens is 455 g/mol. The lowest BCUT2D eigenvalue weighted by Crippen LogP contribution is -2.47. The molecule has 0 saturated carbocycles. The smallest absolute Gasteiger partial charge is 0.334 e. The Hall–Kier alpha value is -1.60. The van der Waals surface area contributed by atoms with Crippen LogP contribution in [0.1, 0.15) is 24.8 Å². The molecule has 2 aromatic rings. The fourth-order valence-electron chi connectivity index (χ4n) is 4.07.